The summed E-state index contributed by atoms with van der Waals surface area (Å²) in [5.41, 5.74) is 1.45. The van der Waals surface area contributed by atoms with E-state index in [-0.39, 0.29) is 0 Å². The molecule has 4 heteroatoms. The maximum absolute atomic E-state index is 11.0. The van der Waals surface area contributed by atoms with Gasteiger partial charge in [0, 0.05) is 22.7 Å². The second-order valence-corrected chi connectivity index (χ2v) is 5.60. The number of carboxylic acids is 1. The molecule has 0 heterocycles. The third-order valence-corrected chi connectivity index (χ3v) is 3.91. The van der Waals surface area contributed by atoms with Crippen LogP contribution in [0.3, 0.4) is 0 Å². The first-order valence-electron chi connectivity index (χ1n) is 6.43. The molecule has 0 saturated heterocycles. The zero-order valence-electron chi connectivity index (χ0n) is 10.5. The molecule has 0 atom stereocenters. The van der Waals surface area contributed by atoms with E-state index in [1.807, 2.05) is 12.1 Å². The minimum Gasteiger partial charge on any atom is -0.478 e. The molecule has 2 rings (SSSR count). The summed E-state index contributed by atoms with van der Waals surface area (Å²) in [6.07, 6.45) is 4.86. The van der Waals surface area contributed by atoms with E-state index >= 15 is 0 Å². The topological polar surface area (TPSA) is 40.5 Å². The van der Waals surface area contributed by atoms with Gasteiger partial charge in [-0.1, -0.05) is 13.3 Å². The Labute approximate surface area is 116 Å². The van der Waals surface area contributed by atoms with Gasteiger partial charge in [0.15, 0.2) is 0 Å². The second-order valence-electron chi connectivity index (χ2n) is 4.75. The lowest BCUT2D eigenvalue weighted by Crippen LogP contribution is -2.26. The van der Waals surface area contributed by atoms with Gasteiger partial charge in [-0.2, -0.15) is 0 Å². The van der Waals surface area contributed by atoms with E-state index in [0.29, 0.717) is 16.1 Å². The fourth-order valence-electron chi connectivity index (χ4n) is 2.09. The minimum absolute atomic E-state index is 0.324. The predicted molar refractivity (Wildman–Crippen MR) is 76.4 cm³/mol. The summed E-state index contributed by atoms with van der Waals surface area (Å²) in [4.78, 5) is 13.4. The lowest BCUT2D eigenvalue weighted by Gasteiger charge is -2.25. The number of benzene rings is 1. The number of hydrogen-bond donors (Lipinski definition) is 1. The van der Waals surface area contributed by atoms with Crippen LogP contribution in [0.2, 0.25) is 0 Å². The molecule has 0 aromatic heterocycles. The van der Waals surface area contributed by atoms with Crippen LogP contribution in [-0.4, -0.2) is 23.7 Å². The van der Waals surface area contributed by atoms with E-state index in [1.54, 1.807) is 6.07 Å². The molecule has 0 unspecified atom stereocenters. The van der Waals surface area contributed by atoms with Crippen molar-refractivity contribution >= 4 is 27.6 Å². The number of aromatic carboxylic acids is 1. The molecule has 1 aliphatic rings. The van der Waals surface area contributed by atoms with Crippen LogP contribution in [-0.2, 0) is 0 Å². The molecule has 1 aromatic carbocycles. The maximum Gasteiger partial charge on any atom is 0.336 e. The third-order valence-electron chi connectivity index (χ3n) is 3.25. The Morgan fingerprint density at radius 1 is 1.50 bits per heavy atom. The maximum atomic E-state index is 11.0. The van der Waals surface area contributed by atoms with Crippen LogP contribution in [0.5, 0.6) is 0 Å². The van der Waals surface area contributed by atoms with Crippen LogP contribution in [0.25, 0.3) is 0 Å². The number of nitrogens with zero attached hydrogens (tertiary/aromatic N) is 1. The van der Waals surface area contributed by atoms with E-state index in [4.69, 9.17) is 5.11 Å². The van der Waals surface area contributed by atoms with Gasteiger partial charge >= 0.3 is 5.97 Å². The lowest BCUT2D eigenvalue weighted by atomic mass is 10.2. The second kappa shape index (κ2) is 5.74. The number of rotatable bonds is 6. The highest BCUT2D eigenvalue weighted by molar-refractivity contribution is 9.10. The molecule has 0 bridgehead atoms. The first-order chi connectivity index (χ1) is 8.63. The van der Waals surface area contributed by atoms with Crippen LogP contribution in [0.15, 0.2) is 22.7 Å². The third kappa shape index (κ3) is 3.05. The molecular weight excluding hydrogens is 294 g/mol. The number of hydrogen-bond acceptors (Lipinski definition) is 2. The fourth-order valence-corrected chi connectivity index (χ4v) is 2.63. The van der Waals surface area contributed by atoms with Crippen molar-refractivity contribution in [2.75, 3.05) is 11.4 Å². The molecule has 0 spiro atoms. The van der Waals surface area contributed by atoms with Crippen molar-refractivity contribution in [2.24, 2.45) is 0 Å². The fraction of sp³-hybridized carbons (Fsp3) is 0.500. The van der Waals surface area contributed by atoms with E-state index in [0.717, 1.165) is 12.2 Å². The molecule has 1 saturated carbocycles. The average Bonchev–Trinajstić information content (AvgIpc) is 3.13. The zero-order valence-corrected chi connectivity index (χ0v) is 12.1. The Bertz CT molecular complexity index is 443. The SMILES string of the molecule is CCCCN(c1ccc(C(=O)O)c(Br)c1)C1CC1. The van der Waals surface area contributed by atoms with Gasteiger partial charge in [-0.05, 0) is 53.4 Å². The van der Waals surface area contributed by atoms with Crippen LogP contribution < -0.4 is 4.90 Å². The van der Waals surface area contributed by atoms with Crippen LogP contribution in [0, 0.1) is 0 Å². The number of unbranched alkanes of at least 4 members (excludes halogenated alkanes) is 1. The van der Waals surface area contributed by atoms with E-state index in [1.165, 1.54) is 25.7 Å². The molecule has 0 aliphatic heterocycles. The zero-order chi connectivity index (χ0) is 13.1. The normalized spacial score (nSPS) is 14.6. The predicted octanol–water partition coefficient (Wildman–Crippen LogP) is 3.92. The number of carboxylic acid groups (broad SMARTS) is 1. The molecule has 0 amide bonds. The van der Waals surface area contributed by atoms with Crippen LogP contribution in [0.4, 0.5) is 5.69 Å². The molecule has 3 nitrogen and oxygen atoms in total. The summed E-state index contributed by atoms with van der Waals surface area (Å²) in [5.74, 6) is -0.889. The van der Waals surface area contributed by atoms with Gasteiger partial charge in [-0.25, -0.2) is 4.79 Å². The van der Waals surface area contributed by atoms with Crippen molar-refractivity contribution in [1.82, 2.24) is 0 Å². The van der Waals surface area contributed by atoms with E-state index < -0.39 is 5.97 Å². The van der Waals surface area contributed by atoms with Gasteiger partial charge in [0.25, 0.3) is 0 Å². The summed E-state index contributed by atoms with van der Waals surface area (Å²) in [6, 6.07) is 6.18. The van der Waals surface area contributed by atoms with Crippen molar-refractivity contribution in [2.45, 2.75) is 38.6 Å². The highest BCUT2D eigenvalue weighted by Gasteiger charge is 2.29. The largest absolute Gasteiger partial charge is 0.478 e. The van der Waals surface area contributed by atoms with Crippen molar-refractivity contribution in [3.63, 3.8) is 0 Å². The number of anilines is 1. The van der Waals surface area contributed by atoms with E-state index in [2.05, 4.69) is 27.8 Å². The Morgan fingerprint density at radius 2 is 2.22 bits per heavy atom. The number of carbonyl (C=O) groups is 1. The molecule has 0 radical (unpaired) electrons. The summed E-state index contributed by atoms with van der Waals surface area (Å²) in [5, 5.41) is 9.01. The summed E-state index contributed by atoms with van der Waals surface area (Å²) < 4.78 is 0.662. The van der Waals surface area contributed by atoms with Gasteiger partial charge in [-0.3, -0.25) is 0 Å². The van der Waals surface area contributed by atoms with Gasteiger partial charge in [0.1, 0.15) is 0 Å². The van der Waals surface area contributed by atoms with Gasteiger partial charge in [0.2, 0.25) is 0 Å². The molecule has 1 aliphatic carbocycles. The quantitative estimate of drug-likeness (QED) is 0.865. The molecule has 1 fully saturated rings. The standard InChI is InChI=1S/C14H18BrNO2/c1-2-3-8-16(10-4-5-10)11-6-7-12(14(17)18)13(15)9-11/h6-7,9-10H,2-5,8H2,1H3,(H,17,18). The highest BCUT2D eigenvalue weighted by Crippen LogP contribution is 2.34. The van der Waals surface area contributed by atoms with Crippen molar-refractivity contribution in [3.05, 3.63) is 28.2 Å². The highest BCUT2D eigenvalue weighted by atomic mass is 79.9. The Kier molecular flexibility index (Phi) is 4.27. The van der Waals surface area contributed by atoms with E-state index in [9.17, 15) is 4.79 Å². The number of halogens is 1. The summed E-state index contributed by atoms with van der Waals surface area (Å²) in [7, 11) is 0. The first-order valence-corrected chi connectivity index (χ1v) is 7.22. The lowest BCUT2D eigenvalue weighted by molar-refractivity contribution is 0.0696. The Morgan fingerprint density at radius 3 is 2.72 bits per heavy atom. The molecule has 98 valence electrons. The molecule has 1 N–H and O–H groups in total. The molecule has 1 aromatic rings. The minimum atomic E-state index is -0.889. The van der Waals surface area contributed by atoms with Crippen molar-refractivity contribution in [3.8, 4) is 0 Å². The Hall–Kier alpha value is -1.03. The van der Waals surface area contributed by atoms with Crippen LogP contribution >= 0.6 is 15.9 Å². The summed E-state index contributed by atoms with van der Waals surface area (Å²) >= 11 is 3.35. The van der Waals surface area contributed by atoms with Gasteiger partial charge < -0.3 is 10.0 Å². The van der Waals surface area contributed by atoms with Crippen molar-refractivity contribution < 1.29 is 9.90 Å². The van der Waals surface area contributed by atoms with Gasteiger partial charge in [0.05, 0.1) is 5.56 Å². The Balaban J connectivity index is 2.19. The monoisotopic (exact) mass is 311 g/mol. The average molecular weight is 312 g/mol. The van der Waals surface area contributed by atoms with Crippen molar-refractivity contribution in [1.29, 1.82) is 0 Å². The smallest absolute Gasteiger partial charge is 0.336 e. The summed E-state index contributed by atoms with van der Waals surface area (Å²) in [6.45, 7) is 3.24. The molecule has 18 heavy (non-hydrogen) atoms. The van der Waals surface area contributed by atoms with Crippen LogP contribution in [0.1, 0.15) is 43.0 Å². The van der Waals surface area contributed by atoms with Gasteiger partial charge in [-0.15, -0.1) is 0 Å². The first kappa shape index (κ1) is 13.4. The molecular formula is C14H18BrNO2.